The van der Waals surface area contributed by atoms with Crippen LogP contribution in [0, 0.1) is 0 Å². The second kappa shape index (κ2) is 14.1. The Labute approximate surface area is 242 Å². The van der Waals surface area contributed by atoms with Crippen LogP contribution in [-0.4, -0.2) is 52.0 Å². The van der Waals surface area contributed by atoms with Gasteiger partial charge >= 0.3 is 26.2 Å². The van der Waals surface area contributed by atoms with Crippen LogP contribution in [0.1, 0.15) is 25.7 Å². The minimum Gasteiger partial charge on any atom is -0.417 e. The number of nitrogens with zero attached hydrogens (tertiary/aromatic N) is 2. The number of fused-ring (bicyclic) bond motifs is 2. The van der Waals surface area contributed by atoms with Gasteiger partial charge in [0.1, 0.15) is 0 Å². The van der Waals surface area contributed by atoms with Crippen LogP contribution in [0.15, 0.2) is 72.8 Å². The van der Waals surface area contributed by atoms with Crippen LogP contribution < -0.4 is 9.80 Å². The number of anilines is 2. The summed E-state index contributed by atoms with van der Waals surface area (Å²) in [6, 6.07) is 26.3. The fourth-order valence-corrected chi connectivity index (χ4v) is 4.74. The van der Waals surface area contributed by atoms with E-state index >= 15 is 0 Å². The molecule has 0 N–H and O–H groups in total. The molecule has 165 valence electrons. The van der Waals surface area contributed by atoms with Gasteiger partial charge in [-0.3, -0.25) is 0 Å². The van der Waals surface area contributed by atoms with Gasteiger partial charge in [-0.1, -0.05) is 23.5 Å². The number of hydrogen-bond acceptors (Lipinski definition) is 2. The van der Waals surface area contributed by atoms with Crippen LogP contribution in [0.2, 0.25) is 0 Å². The van der Waals surface area contributed by atoms with Gasteiger partial charge in [-0.2, -0.15) is 0 Å². The monoisotopic (exact) mass is 645 g/mol. The Morgan fingerprint density at radius 2 is 0.906 bits per heavy atom. The molecule has 0 amide bonds. The first kappa shape index (κ1) is 29.6. The molecule has 4 aromatic carbocycles. The Morgan fingerprint density at radius 1 is 0.562 bits per heavy atom. The number of rotatable bonds is 2. The molecule has 32 heavy (non-hydrogen) atoms. The number of benzene rings is 2. The molecule has 0 saturated carbocycles. The average Bonchev–Trinajstić information content (AvgIpc) is 3.54. The van der Waals surface area contributed by atoms with Crippen molar-refractivity contribution in [1.29, 1.82) is 0 Å². The van der Waals surface area contributed by atoms with Gasteiger partial charge in [0.05, 0.1) is 0 Å². The van der Waals surface area contributed by atoms with E-state index in [9.17, 15) is 0 Å². The van der Waals surface area contributed by atoms with Gasteiger partial charge in [0.2, 0.25) is 0 Å². The molecule has 6 rings (SSSR count). The minimum atomic E-state index is 0. The van der Waals surface area contributed by atoms with Gasteiger partial charge in [-0.25, -0.2) is 0 Å². The first-order chi connectivity index (χ1) is 13.9. The van der Waals surface area contributed by atoms with Crippen LogP contribution in [0.3, 0.4) is 0 Å². The molecule has 6 heteroatoms. The predicted octanol–water partition coefficient (Wildman–Crippen LogP) is 6.78. The summed E-state index contributed by atoms with van der Waals surface area (Å²) in [6.07, 6.45) is 5.39. The zero-order chi connectivity index (χ0) is 18.8. The third-order valence-corrected chi connectivity index (χ3v) is 6.21. The molecular formula is C26H30Cl2InN2Zr. The first-order valence-corrected chi connectivity index (χ1v) is 10.7. The van der Waals surface area contributed by atoms with Crippen molar-refractivity contribution in [1.82, 2.24) is 0 Å². The first-order valence-electron chi connectivity index (χ1n) is 10.7. The van der Waals surface area contributed by atoms with Crippen molar-refractivity contribution < 1.29 is 26.2 Å². The Bertz CT molecular complexity index is 980. The second-order valence-corrected chi connectivity index (χ2v) is 8.00. The molecule has 3 radical (unpaired) electrons. The van der Waals surface area contributed by atoms with Gasteiger partial charge in [0.15, 0.2) is 0 Å². The van der Waals surface area contributed by atoms with Gasteiger partial charge < -0.3 is 9.80 Å². The maximum absolute atomic E-state index is 2.50. The predicted molar refractivity (Wildman–Crippen MR) is 142 cm³/mol. The van der Waals surface area contributed by atoms with Crippen LogP contribution in [0.25, 0.3) is 21.5 Å². The quantitative estimate of drug-likeness (QED) is 0.222. The Kier molecular flexibility index (Phi) is 13.1. The maximum atomic E-state index is 2.50. The van der Waals surface area contributed by atoms with Crippen LogP contribution in [0.4, 0.5) is 11.4 Å². The Balaban J connectivity index is 0.000000284. The summed E-state index contributed by atoms with van der Waals surface area (Å²) in [7, 11) is 0. The fourth-order valence-electron chi connectivity index (χ4n) is 4.74. The van der Waals surface area contributed by atoms with Crippen LogP contribution in [-0.2, 0) is 26.2 Å². The third kappa shape index (κ3) is 6.38. The van der Waals surface area contributed by atoms with E-state index in [0.29, 0.717) is 0 Å². The summed E-state index contributed by atoms with van der Waals surface area (Å²) < 4.78 is 0. The Hall–Kier alpha value is -0.407. The van der Waals surface area contributed by atoms with E-state index in [4.69, 9.17) is 0 Å². The molecule has 2 heterocycles. The summed E-state index contributed by atoms with van der Waals surface area (Å²) >= 11 is 0. The molecule has 0 bridgehead atoms. The molecule has 2 nitrogen and oxygen atoms in total. The molecular weight excluding hydrogens is 617 g/mol. The largest absolute Gasteiger partial charge is 2.00 e. The van der Waals surface area contributed by atoms with E-state index in [0.717, 1.165) is 0 Å². The van der Waals surface area contributed by atoms with E-state index in [-0.39, 0.29) is 76.9 Å². The third-order valence-electron chi connectivity index (χ3n) is 6.21. The molecule has 0 aromatic heterocycles. The second-order valence-electron chi connectivity index (χ2n) is 8.00. The van der Waals surface area contributed by atoms with Crippen molar-refractivity contribution >= 4 is 83.6 Å². The smallest absolute Gasteiger partial charge is 0.417 e. The van der Waals surface area contributed by atoms with Gasteiger partial charge in [-0.15, -0.1) is 107 Å². The maximum Gasteiger partial charge on any atom is 2.00 e. The SMILES string of the molecule is Cl.Cl.[In].[Zr+2].c1ccc2c(N3CCCC3)c[cH-]c2c1.c1ccc2c(N3CCCC3)c[cH-]c2c1. The van der Waals surface area contributed by atoms with Gasteiger partial charge in [0.25, 0.3) is 0 Å². The molecule has 0 spiro atoms. The van der Waals surface area contributed by atoms with Crippen molar-refractivity contribution in [2.45, 2.75) is 25.7 Å². The Morgan fingerprint density at radius 3 is 1.28 bits per heavy atom. The molecule has 2 fully saturated rings. The van der Waals surface area contributed by atoms with Crippen molar-refractivity contribution in [3.05, 3.63) is 72.8 Å². The molecule has 4 aromatic rings. The average molecular weight is 647 g/mol. The van der Waals surface area contributed by atoms with Crippen LogP contribution >= 0.6 is 24.8 Å². The topological polar surface area (TPSA) is 6.48 Å². The van der Waals surface area contributed by atoms with Gasteiger partial charge in [0, 0.05) is 52.0 Å². The van der Waals surface area contributed by atoms with Gasteiger partial charge in [-0.05, 0) is 25.7 Å². The van der Waals surface area contributed by atoms with Crippen LogP contribution in [0.5, 0.6) is 0 Å². The summed E-state index contributed by atoms with van der Waals surface area (Å²) in [5, 5.41) is 5.56. The number of halogens is 2. The zero-order valence-corrected chi connectivity index (χ0v) is 25.8. The van der Waals surface area contributed by atoms with E-state index < -0.39 is 0 Å². The van der Waals surface area contributed by atoms with E-state index in [1.54, 1.807) is 0 Å². The molecule has 2 saturated heterocycles. The molecule has 2 aliphatic rings. The summed E-state index contributed by atoms with van der Waals surface area (Å²) in [6.45, 7) is 4.92. The van der Waals surface area contributed by atoms with Crippen molar-refractivity contribution in [3.63, 3.8) is 0 Å². The number of hydrogen-bond donors (Lipinski definition) is 0. The summed E-state index contributed by atoms with van der Waals surface area (Å²) in [4.78, 5) is 5.00. The van der Waals surface area contributed by atoms with E-state index in [1.807, 2.05) is 0 Å². The van der Waals surface area contributed by atoms with Crippen molar-refractivity contribution in [2.75, 3.05) is 36.0 Å². The molecule has 0 aliphatic carbocycles. The standard InChI is InChI=1S/2C13H14N.2ClH.In.Zr/c2*1-2-6-12-11(5-1)7-8-13(12)14-9-3-4-10-14;;;;/h2*1-2,5-8H,3-4,9-10H2;2*1H;;/q2*-1;;;;+2. The minimum absolute atomic E-state index is 0. The summed E-state index contributed by atoms with van der Waals surface area (Å²) in [5.41, 5.74) is 2.86. The molecule has 0 unspecified atom stereocenters. The normalized spacial score (nSPS) is 14.6. The zero-order valence-electron chi connectivity index (χ0n) is 18.4. The fraction of sp³-hybridized carbons (Fsp3) is 0.308. The molecule has 2 aliphatic heterocycles. The van der Waals surface area contributed by atoms with E-state index in [2.05, 4.69) is 82.6 Å². The van der Waals surface area contributed by atoms with E-state index in [1.165, 1.54) is 84.8 Å². The van der Waals surface area contributed by atoms with Crippen molar-refractivity contribution in [3.8, 4) is 0 Å². The van der Waals surface area contributed by atoms with Crippen molar-refractivity contribution in [2.24, 2.45) is 0 Å². The molecule has 0 atom stereocenters. The summed E-state index contributed by atoms with van der Waals surface area (Å²) in [5.74, 6) is 0.